The van der Waals surface area contributed by atoms with E-state index < -0.39 is 0 Å². The second kappa shape index (κ2) is 1.72. The average molecular weight is 125 g/mol. The fraction of sp³-hybridized carbons (Fsp3) is 1.00. The van der Waals surface area contributed by atoms with E-state index >= 15 is 0 Å². The Hall–Kier alpha value is -0.0400. The maximum Gasteiger partial charge on any atom is 0.00698 e. The molecule has 3 rings (SSSR count). The Bertz CT molecular complexity index is 114. The second-order valence-corrected chi connectivity index (χ2v) is 3.86. The molecule has 0 aromatic heterocycles. The summed E-state index contributed by atoms with van der Waals surface area (Å²) < 4.78 is 0. The van der Waals surface area contributed by atoms with E-state index in [-0.39, 0.29) is 0 Å². The number of hydrogen-bond donors (Lipinski definition) is 1. The Morgan fingerprint density at radius 3 is 2.22 bits per heavy atom. The van der Waals surface area contributed by atoms with Crippen molar-refractivity contribution >= 4 is 0 Å². The van der Waals surface area contributed by atoms with E-state index in [0.29, 0.717) is 6.04 Å². The van der Waals surface area contributed by atoms with Crippen LogP contribution >= 0.6 is 0 Å². The van der Waals surface area contributed by atoms with Gasteiger partial charge in [-0.25, -0.2) is 0 Å². The molecule has 2 atom stereocenters. The first kappa shape index (κ1) is 5.72. The normalized spacial score (nSPS) is 56.7. The molecule has 0 saturated heterocycles. The first-order valence-corrected chi connectivity index (χ1v) is 4.03. The van der Waals surface area contributed by atoms with Crippen LogP contribution in [0.4, 0.5) is 0 Å². The Labute approximate surface area is 56.6 Å². The van der Waals surface area contributed by atoms with Gasteiger partial charge in [0.25, 0.3) is 0 Å². The molecule has 1 heteroatoms. The molecule has 9 heavy (non-hydrogen) atoms. The summed E-state index contributed by atoms with van der Waals surface area (Å²) in [5.74, 6) is 2.83. The van der Waals surface area contributed by atoms with Crippen molar-refractivity contribution in [2.45, 2.75) is 32.2 Å². The Balaban J connectivity index is 2.04. The Morgan fingerprint density at radius 1 is 1.22 bits per heavy atom. The molecule has 0 amide bonds. The SMILES string of the molecule is C[C@H]1C2CC(C2)C[C@@H]1N. The molecule has 0 aromatic carbocycles. The van der Waals surface area contributed by atoms with Crippen molar-refractivity contribution in [1.82, 2.24) is 0 Å². The number of nitrogens with two attached hydrogens (primary N) is 1. The first-order valence-electron chi connectivity index (χ1n) is 4.03. The summed E-state index contributed by atoms with van der Waals surface area (Å²) in [4.78, 5) is 0. The molecule has 0 heterocycles. The lowest BCUT2D eigenvalue weighted by Crippen LogP contribution is -2.47. The molecule has 0 aliphatic heterocycles. The molecule has 0 unspecified atom stereocenters. The van der Waals surface area contributed by atoms with Crippen LogP contribution < -0.4 is 5.73 Å². The molecule has 3 fully saturated rings. The van der Waals surface area contributed by atoms with Crippen LogP contribution in [0.15, 0.2) is 0 Å². The van der Waals surface area contributed by atoms with Gasteiger partial charge in [-0.05, 0) is 37.0 Å². The van der Waals surface area contributed by atoms with Gasteiger partial charge >= 0.3 is 0 Å². The van der Waals surface area contributed by atoms with E-state index in [1.54, 1.807) is 0 Å². The minimum Gasteiger partial charge on any atom is -0.327 e. The molecule has 0 radical (unpaired) electrons. The van der Waals surface area contributed by atoms with E-state index in [9.17, 15) is 0 Å². The fourth-order valence-electron chi connectivity index (χ4n) is 2.36. The van der Waals surface area contributed by atoms with Crippen LogP contribution in [0.5, 0.6) is 0 Å². The number of fused-ring (bicyclic) bond motifs is 2. The van der Waals surface area contributed by atoms with Crippen LogP contribution in [0.3, 0.4) is 0 Å². The van der Waals surface area contributed by atoms with Gasteiger partial charge in [0.1, 0.15) is 0 Å². The zero-order valence-electron chi connectivity index (χ0n) is 6.01. The maximum absolute atomic E-state index is 5.90. The molecule has 52 valence electrons. The second-order valence-electron chi connectivity index (χ2n) is 3.86. The largest absolute Gasteiger partial charge is 0.327 e. The zero-order chi connectivity index (χ0) is 6.43. The van der Waals surface area contributed by atoms with Crippen LogP contribution in [0.2, 0.25) is 0 Å². The third kappa shape index (κ3) is 0.710. The average Bonchev–Trinajstić information content (AvgIpc) is 1.72. The van der Waals surface area contributed by atoms with Gasteiger partial charge in [-0.2, -0.15) is 0 Å². The Morgan fingerprint density at radius 2 is 1.89 bits per heavy atom. The Kier molecular flexibility index (Phi) is 1.10. The van der Waals surface area contributed by atoms with E-state index in [0.717, 1.165) is 17.8 Å². The monoisotopic (exact) mass is 125 g/mol. The zero-order valence-corrected chi connectivity index (χ0v) is 6.01. The molecular weight excluding hydrogens is 110 g/mol. The first-order chi connectivity index (χ1) is 4.27. The topological polar surface area (TPSA) is 26.0 Å². The van der Waals surface area contributed by atoms with Crippen LogP contribution in [0, 0.1) is 17.8 Å². The van der Waals surface area contributed by atoms with Gasteiger partial charge in [0.2, 0.25) is 0 Å². The van der Waals surface area contributed by atoms with Gasteiger partial charge in [0.15, 0.2) is 0 Å². The lowest BCUT2D eigenvalue weighted by molar-refractivity contribution is 0.0416. The standard InChI is InChI=1S/C8H15N/c1-5-7-2-6(3-7)4-8(5)9/h5-8H,2-4,9H2,1H3/t5-,6?,7?,8-/m0/s1. The third-order valence-corrected chi connectivity index (χ3v) is 3.30. The predicted octanol–water partition coefficient (Wildman–Crippen LogP) is 1.38. The molecule has 3 aliphatic rings. The smallest absolute Gasteiger partial charge is 0.00698 e. The van der Waals surface area contributed by atoms with Gasteiger partial charge in [-0.3, -0.25) is 0 Å². The predicted molar refractivity (Wildman–Crippen MR) is 38.0 cm³/mol. The van der Waals surface area contributed by atoms with Crippen molar-refractivity contribution in [3.05, 3.63) is 0 Å². The molecule has 2 bridgehead atoms. The summed E-state index contributed by atoms with van der Waals surface area (Å²) in [5.41, 5.74) is 5.90. The molecule has 0 spiro atoms. The lowest BCUT2D eigenvalue weighted by atomic mass is 9.59. The molecule has 3 saturated carbocycles. The highest BCUT2D eigenvalue weighted by atomic mass is 14.7. The van der Waals surface area contributed by atoms with Gasteiger partial charge < -0.3 is 5.73 Å². The van der Waals surface area contributed by atoms with E-state index in [2.05, 4.69) is 6.92 Å². The third-order valence-electron chi connectivity index (χ3n) is 3.30. The van der Waals surface area contributed by atoms with Crippen LogP contribution in [0.1, 0.15) is 26.2 Å². The van der Waals surface area contributed by atoms with Gasteiger partial charge in [-0.1, -0.05) is 6.92 Å². The van der Waals surface area contributed by atoms with Crippen molar-refractivity contribution in [2.75, 3.05) is 0 Å². The number of hydrogen-bond acceptors (Lipinski definition) is 1. The van der Waals surface area contributed by atoms with E-state index in [1.807, 2.05) is 0 Å². The van der Waals surface area contributed by atoms with E-state index in [1.165, 1.54) is 19.3 Å². The van der Waals surface area contributed by atoms with Crippen molar-refractivity contribution in [1.29, 1.82) is 0 Å². The van der Waals surface area contributed by atoms with Gasteiger partial charge in [0.05, 0.1) is 0 Å². The van der Waals surface area contributed by atoms with Crippen LogP contribution in [-0.2, 0) is 0 Å². The molecular formula is C8H15N. The van der Waals surface area contributed by atoms with Gasteiger partial charge in [0, 0.05) is 6.04 Å². The molecule has 2 N–H and O–H groups in total. The fourth-order valence-corrected chi connectivity index (χ4v) is 2.36. The molecule has 3 aliphatic carbocycles. The summed E-state index contributed by atoms with van der Waals surface area (Å²) >= 11 is 0. The molecule has 1 nitrogen and oxygen atoms in total. The minimum absolute atomic E-state index is 0.530. The summed E-state index contributed by atoms with van der Waals surface area (Å²) in [6, 6.07) is 0.530. The summed E-state index contributed by atoms with van der Waals surface area (Å²) in [7, 11) is 0. The quantitative estimate of drug-likeness (QED) is 0.520. The van der Waals surface area contributed by atoms with Crippen LogP contribution in [-0.4, -0.2) is 6.04 Å². The highest BCUT2D eigenvalue weighted by Crippen LogP contribution is 2.47. The van der Waals surface area contributed by atoms with Crippen molar-refractivity contribution in [2.24, 2.45) is 23.5 Å². The highest BCUT2D eigenvalue weighted by Gasteiger charge is 2.41. The summed E-state index contributed by atoms with van der Waals surface area (Å²) in [5, 5.41) is 0. The highest BCUT2D eigenvalue weighted by molar-refractivity contribution is 4.94. The van der Waals surface area contributed by atoms with Gasteiger partial charge in [-0.15, -0.1) is 0 Å². The van der Waals surface area contributed by atoms with Crippen LogP contribution in [0.25, 0.3) is 0 Å². The van der Waals surface area contributed by atoms with Crippen molar-refractivity contribution in [3.8, 4) is 0 Å². The van der Waals surface area contributed by atoms with Crippen molar-refractivity contribution < 1.29 is 0 Å². The summed E-state index contributed by atoms with van der Waals surface area (Å²) in [6.45, 7) is 2.31. The number of rotatable bonds is 0. The molecule has 0 aromatic rings. The minimum atomic E-state index is 0.530. The summed E-state index contributed by atoms with van der Waals surface area (Å²) in [6.07, 6.45) is 4.27. The lowest BCUT2D eigenvalue weighted by Gasteiger charge is -2.48. The van der Waals surface area contributed by atoms with E-state index in [4.69, 9.17) is 5.73 Å². The maximum atomic E-state index is 5.90. The van der Waals surface area contributed by atoms with Crippen molar-refractivity contribution in [3.63, 3.8) is 0 Å².